The van der Waals surface area contributed by atoms with Gasteiger partial charge in [-0.15, -0.1) is 0 Å². The third-order valence-corrected chi connectivity index (χ3v) is 6.00. The molecule has 0 aliphatic carbocycles. The number of sulfonamides is 1. The minimum absolute atomic E-state index is 0.0864. The van der Waals surface area contributed by atoms with Gasteiger partial charge in [0.1, 0.15) is 11.9 Å². The van der Waals surface area contributed by atoms with Crippen LogP contribution in [0.2, 0.25) is 0 Å². The van der Waals surface area contributed by atoms with Gasteiger partial charge in [-0.3, -0.25) is 10.1 Å². The topological polar surface area (TPSA) is 120 Å². The molecule has 0 saturated carbocycles. The van der Waals surface area contributed by atoms with Crippen molar-refractivity contribution < 1.29 is 13.3 Å². The molecular formula is C16H15N5O4S. The highest BCUT2D eigenvalue weighted by Gasteiger charge is 2.29. The Morgan fingerprint density at radius 2 is 1.88 bits per heavy atom. The number of nitro groups is 1. The van der Waals surface area contributed by atoms with E-state index in [-0.39, 0.29) is 23.7 Å². The van der Waals surface area contributed by atoms with E-state index < -0.39 is 14.9 Å². The lowest BCUT2D eigenvalue weighted by atomic mass is 10.3. The Morgan fingerprint density at radius 1 is 1.15 bits per heavy atom. The van der Waals surface area contributed by atoms with Gasteiger partial charge in [0, 0.05) is 44.5 Å². The van der Waals surface area contributed by atoms with Crippen molar-refractivity contribution in [2.24, 2.45) is 0 Å². The van der Waals surface area contributed by atoms with Crippen LogP contribution in [0, 0.1) is 21.4 Å². The van der Waals surface area contributed by atoms with Crippen LogP contribution in [-0.4, -0.2) is 48.8 Å². The van der Waals surface area contributed by atoms with E-state index in [9.17, 15) is 18.5 Å². The van der Waals surface area contributed by atoms with E-state index in [2.05, 4.69) is 4.98 Å². The Kier molecular flexibility index (Phi) is 4.83. The zero-order valence-electron chi connectivity index (χ0n) is 13.6. The third-order valence-electron chi connectivity index (χ3n) is 4.11. The van der Waals surface area contributed by atoms with Crippen molar-refractivity contribution in [1.29, 1.82) is 5.26 Å². The molecule has 0 spiro atoms. The van der Waals surface area contributed by atoms with Crippen molar-refractivity contribution in [3.63, 3.8) is 0 Å². The van der Waals surface area contributed by atoms with Crippen LogP contribution in [-0.2, 0) is 10.0 Å². The van der Waals surface area contributed by atoms with Gasteiger partial charge in [-0.05, 0) is 18.2 Å². The van der Waals surface area contributed by atoms with E-state index in [1.165, 1.54) is 28.7 Å². The Hall–Kier alpha value is -3.03. The highest BCUT2D eigenvalue weighted by atomic mass is 32.2. The number of piperazine rings is 1. The predicted molar refractivity (Wildman–Crippen MR) is 93.0 cm³/mol. The summed E-state index contributed by atoms with van der Waals surface area (Å²) in [4.78, 5) is 16.3. The number of rotatable bonds is 4. The minimum Gasteiger partial charge on any atom is -0.354 e. The minimum atomic E-state index is -3.80. The van der Waals surface area contributed by atoms with Crippen molar-refractivity contribution in [2.75, 3.05) is 31.1 Å². The molecule has 0 bridgehead atoms. The fourth-order valence-electron chi connectivity index (χ4n) is 2.70. The number of hydrogen-bond donors (Lipinski definition) is 0. The molecule has 1 aromatic carbocycles. The molecule has 1 aromatic heterocycles. The first kappa shape index (κ1) is 17.8. The zero-order valence-corrected chi connectivity index (χ0v) is 14.5. The second-order valence-corrected chi connectivity index (χ2v) is 7.60. The van der Waals surface area contributed by atoms with Gasteiger partial charge >= 0.3 is 0 Å². The average molecular weight is 373 g/mol. The molecule has 1 saturated heterocycles. The maximum atomic E-state index is 12.7. The van der Waals surface area contributed by atoms with E-state index in [0.29, 0.717) is 24.5 Å². The van der Waals surface area contributed by atoms with E-state index in [4.69, 9.17) is 5.26 Å². The highest BCUT2D eigenvalue weighted by molar-refractivity contribution is 7.89. The van der Waals surface area contributed by atoms with Gasteiger partial charge in [-0.25, -0.2) is 13.4 Å². The maximum absolute atomic E-state index is 12.7. The summed E-state index contributed by atoms with van der Waals surface area (Å²) >= 11 is 0. The number of aromatic nitrogens is 1. The number of nitrogens with zero attached hydrogens (tertiary/aromatic N) is 5. The smallest absolute Gasteiger partial charge is 0.270 e. The molecule has 0 amide bonds. The molecule has 0 N–H and O–H groups in total. The van der Waals surface area contributed by atoms with Gasteiger partial charge in [-0.1, -0.05) is 6.07 Å². The quantitative estimate of drug-likeness (QED) is 0.586. The summed E-state index contributed by atoms with van der Waals surface area (Å²) in [5.41, 5.74) is 0.201. The van der Waals surface area contributed by atoms with Crippen molar-refractivity contribution >= 4 is 21.5 Å². The molecule has 9 nitrogen and oxygen atoms in total. The fourth-order valence-corrected chi connectivity index (χ4v) is 4.17. The molecule has 10 heteroatoms. The molecule has 1 fully saturated rings. The van der Waals surface area contributed by atoms with Crippen molar-refractivity contribution in [1.82, 2.24) is 9.29 Å². The van der Waals surface area contributed by atoms with Crippen molar-refractivity contribution in [2.45, 2.75) is 4.90 Å². The fraction of sp³-hybridized carbons (Fsp3) is 0.250. The summed E-state index contributed by atoms with van der Waals surface area (Å²) in [7, 11) is -3.80. The Bertz CT molecular complexity index is 961. The van der Waals surface area contributed by atoms with Crippen LogP contribution in [0.4, 0.5) is 11.5 Å². The van der Waals surface area contributed by atoms with Gasteiger partial charge in [0.2, 0.25) is 10.0 Å². The average Bonchev–Trinajstić information content (AvgIpc) is 2.68. The molecule has 2 aromatic rings. The van der Waals surface area contributed by atoms with E-state index in [1.807, 2.05) is 11.0 Å². The number of pyridine rings is 1. The number of nitriles is 1. The standard InChI is InChI=1S/C16H15N5O4S/c17-11-13-4-5-16(18-12-13)19-6-8-20(9-7-19)26(24,25)15-3-1-2-14(10-15)21(22)23/h1-5,10,12H,6-9H2. The number of nitro benzene ring substituents is 1. The van der Waals surface area contributed by atoms with Gasteiger partial charge in [0.25, 0.3) is 5.69 Å². The predicted octanol–water partition coefficient (Wildman–Crippen LogP) is 1.37. The van der Waals surface area contributed by atoms with Crippen LogP contribution in [0.3, 0.4) is 0 Å². The van der Waals surface area contributed by atoms with E-state index in [1.54, 1.807) is 12.1 Å². The van der Waals surface area contributed by atoms with Crippen molar-refractivity contribution in [3.8, 4) is 6.07 Å². The molecule has 26 heavy (non-hydrogen) atoms. The summed E-state index contributed by atoms with van der Waals surface area (Å²) < 4.78 is 26.8. The summed E-state index contributed by atoms with van der Waals surface area (Å²) in [6, 6.07) is 10.4. The van der Waals surface area contributed by atoms with Crippen LogP contribution in [0.15, 0.2) is 47.5 Å². The Labute approximate surface area is 150 Å². The number of benzene rings is 1. The number of non-ortho nitro benzene ring substituents is 1. The maximum Gasteiger partial charge on any atom is 0.270 e. The first-order valence-electron chi connectivity index (χ1n) is 7.77. The summed E-state index contributed by atoms with van der Waals surface area (Å²) in [6.07, 6.45) is 1.47. The summed E-state index contributed by atoms with van der Waals surface area (Å²) in [5.74, 6) is 0.677. The molecular weight excluding hydrogens is 358 g/mol. The molecule has 134 valence electrons. The van der Waals surface area contributed by atoms with Crippen LogP contribution in [0.1, 0.15) is 5.56 Å². The van der Waals surface area contributed by atoms with E-state index in [0.717, 1.165) is 6.07 Å². The zero-order chi connectivity index (χ0) is 18.7. The Morgan fingerprint density at radius 3 is 2.46 bits per heavy atom. The van der Waals surface area contributed by atoms with Gasteiger partial charge in [0.05, 0.1) is 15.4 Å². The molecule has 2 heterocycles. The highest BCUT2D eigenvalue weighted by Crippen LogP contribution is 2.23. The molecule has 1 aliphatic rings. The number of anilines is 1. The summed E-state index contributed by atoms with van der Waals surface area (Å²) in [6.45, 7) is 1.36. The Balaban J connectivity index is 1.73. The molecule has 0 radical (unpaired) electrons. The molecule has 1 aliphatic heterocycles. The monoisotopic (exact) mass is 373 g/mol. The lowest BCUT2D eigenvalue weighted by Gasteiger charge is -2.34. The summed E-state index contributed by atoms with van der Waals surface area (Å²) in [5, 5.41) is 19.7. The SMILES string of the molecule is N#Cc1ccc(N2CCN(S(=O)(=O)c3cccc([N+](=O)[O-])c3)CC2)nc1. The van der Waals surface area contributed by atoms with Crippen LogP contribution in [0.25, 0.3) is 0 Å². The van der Waals surface area contributed by atoms with E-state index >= 15 is 0 Å². The normalized spacial score (nSPS) is 15.4. The van der Waals surface area contributed by atoms with Crippen LogP contribution >= 0.6 is 0 Å². The lowest BCUT2D eigenvalue weighted by molar-refractivity contribution is -0.385. The first-order chi connectivity index (χ1) is 12.4. The molecule has 0 atom stereocenters. The van der Waals surface area contributed by atoms with Crippen LogP contribution < -0.4 is 4.90 Å². The molecule has 0 unspecified atom stereocenters. The first-order valence-corrected chi connectivity index (χ1v) is 9.21. The van der Waals surface area contributed by atoms with Gasteiger partial charge < -0.3 is 4.90 Å². The van der Waals surface area contributed by atoms with Gasteiger partial charge in [0.15, 0.2) is 0 Å². The second-order valence-electron chi connectivity index (χ2n) is 5.66. The number of hydrogen-bond acceptors (Lipinski definition) is 7. The van der Waals surface area contributed by atoms with Crippen LogP contribution in [0.5, 0.6) is 0 Å². The lowest BCUT2D eigenvalue weighted by Crippen LogP contribution is -2.48. The second kappa shape index (κ2) is 7.07. The largest absolute Gasteiger partial charge is 0.354 e. The van der Waals surface area contributed by atoms with Crippen molar-refractivity contribution in [3.05, 3.63) is 58.3 Å². The van der Waals surface area contributed by atoms with Gasteiger partial charge in [-0.2, -0.15) is 9.57 Å². The third kappa shape index (κ3) is 3.49. The molecule has 3 rings (SSSR count).